The molecule has 36 heavy (non-hydrogen) atoms. The van der Waals surface area contributed by atoms with Gasteiger partial charge in [0, 0.05) is 24.0 Å². The van der Waals surface area contributed by atoms with E-state index in [9.17, 15) is 14.3 Å². The van der Waals surface area contributed by atoms with Crippen LogP contribution in [0.2, 0.25) is 10.0 Å². The first-order valence-corrected chi connectivity index (χ1v) is 13.5. The molecular formula is C28H36Cl2FNO4. The molecule has 0 aromatic heterocycles. The van der Waals surface area contributed by atoms with Gasteiger partial charge in [-0.25, -0.2) is 4.39 Å². The predicted molar refractivity (Wildman–Crippen MR) is 141 cm³/mol. The van der Waals surface area contributed by atoms with Crippen molar-refractivity contribution in [3.63, 3.8) is 0 Å². The molecule has 0 aliphatic carbocycles. The van der Waals surface area contributed by atoms with Gasteiger partial charge in [0.05, 0.1) is 30.4 Å². The molecule has 2 aromatic rings. The van der Waals surface area contributed by atoms with Gasteiger partial charge in [-0.3, -0.25) is 9.69 Å². The highest BCUT2D eigenvalue weighted by Gasteiger charge is 2.27. The fourth-order valence-electron chi connectivity index (χ4n) is 4.88. The van der Waals surface area contributed by atoms with Gasteiger partial charge in [0.15, 0.2) is 0 Å². The van der Waals surface area contributed by atoms with E-state index < -0.39 is 11.9 Å². The van der Waals surface area contributed by atoms with Gasteiger partial charge in [-0.15, -0.1) is 0 Å². The predicted octanol–water partition coefficient (Wildman–Crippen LogP) is 6.16. The van der Waals surface area contributed by atoms with Gasteiger partial charge in [-0.1, -0.05) is 48.3 Å². The lowest BCUT2D eigenvalue weighted by Gasteiger charge is -2.28. The van der Waals surface area contributed by atoms with Crippen LogP contribution in [0.15, 0.2) is 36.4 Å². The summed E-state index contributed by atoms with van der Waals surface area (Å²) in [5.41, 5.74) is 2.72. The average Bonchev–Trinajstić information content (AvgIpc) is 3.27. The van der Waals surface area contributed by atoms with E-state index in [1.54, 1.807) is 13.0 Å². The van der Waals surface area contributed by atoms with Crippen LogP contribution in [0.3, 0.4) is 0 Å². The first-order chi connectivity index (χ1) is 17.3. The fraction of sp³-hybridized carbons (Fsp3) is 0.536. The molecule has 1 fully saturated rings. The highest BCUT2D eigenvalue weighted by molar-refractivity contribution is 6.31. The number of ether oxygens (including phenoxy) is 2. The topological polar surface area (TPSA) is 59.0 Å². The lowest BCUT2D eigenvalue weighted by Crippen LogP contribution is -2.39. The second kappa shape index (κ2) is 14.3. The zero-order valence-corrected chi connectivity index (χ0v) is 22.5. The number of carbonyl (C=O) groups is 1. The molecule has 198 valence electrons. The van der Waals surface area contributed by atoms with Crippen molar-refractivity contribution in [3.8, 4) is 0 Å². The summed E-state index contributed by atoms with van der Waals surface area (Å²) in [5, 5.41) is 11.5. The normalized spacial score (nSPS) is 17.8. The number of aliphatic hydroxyl groups is 1. The maximum atomic E-state index is 13.9. The maximum absolute atomic E-state index is 13.9. The molecule has 3 atom stereocenters. The summed E-state index contributed by atoms with van der Waals surface area (Å²) in [6, 6.07) is 10.8. The number of carbonyl (C=O) groups excluding carboxylic acids is 1. The van der Waals surface area contributed by atoms with E-state index >= 15 is 0 Å². The third-order valence-corrected chi connectivity index (χ3v) is 7.31. The average molecular weight is 541 g/mol. The molecule has 1 aliphatic heterocycles. The Bertz CT molecular complexity index is 1010. The zero-order chi connectivity index (χ0) is 26.1. The highest BCUT2D eigenvalue weighted by Crippen LogP contribution is 2.31. The van der Waals surface area contributed by atoms with E-state index in [1.807, 2.05) is 31.2 Å². The number of hydrogen-bond acceptors (Lipinski definition) is 5. The van der Waals surface area contributed by atoms with Gasteiger partial charge in [0.25, 0.3) is 0 Å². The molecule has 0 saturated carbocycles. The van der Waals surface area contributed by atoms with E-state index in [1.165, 1.54) is 6.07 Å². The third kappa shape index (κ3) is 8.15. The first-order valence-electron chi connectivity index (χ1n) is 12.7. The van der Waals surface area contributed by atoms with Crippen LogP contribution in [0.25, 0.3) is 0 Å². The van der Waals surface area contributed by atoms with Gasteiger partial charge in [0.2, 0.25) is 0 Å². The van der Waals surface area contributed by atoms with Gasteiger partial charge in [-0.2, -0.15) is 0 Å². The van der Waals surface area contributed by atoms with Crippen molar-refractivity contribution in [1.29, 1.82) is 0 Å². The molecule has 5 nitrogen and oxygen atoms in total. The number of hydrogen-bond donors (Lipinski definition) is 1. The fourth-order valence-corrected chi connectivity index (χ4v) is 5.28. The molecule has 1 heterocycles. The number of halogens is 3. The molecule has 0 spiro atoms. The van der Waals surface area contributed by atoms with E-state index in [-0.39, 0.29) is 36.2 Å². The Morgan fingerprint density at radius 1 is 1.22 bits per heavy atom. The number of β-amino-alcohol motifs (C(OH)–C–C–N with tert-alkyl or cyclic N) is 1. The van der Waals surface area contributed by atoms with Crippen molar-refractivity contribution >= 4 is 29.2 Å². The standard InChI is InChI=1S/C28H36Cl2FNO4/c1-3-27(23-8-5-9-24(29)22(23)11-13-28(34)35-4-2)36-18-21(33)17-32-14-6-7-20(32)15-19-10-12-25(30)26(31)16-19/h5,8-10,12,16,20-21,27,33H,3-4,6-7,11,13-15,17-18H2,1-2H3/t20-,21+,27+/m0/s1. The Hall–Kier alpha value is -1.70. The highest BCUT2D eigenvalue weighted by atomic mass is 35.5. The van der Waals surface area contributed by atoms with Gasteiger partial charge in [0.1, 0.15) is 5.82 Å². The Morgan fingerprint density at radius 3 is 2.75 bits per heavy atom. The number of likely N-dealkylation sites (tertiary alicyclic amines) is 1. The van der Waals surface area contributed by atoms with E-state index in [2.05, 4.69) is 4.90 Å². The second-order valence-electron chi connectivity index (χ2n) is 9.24. The number of rotatable bonds is 13. The van der Waals surface area contributed by atoms with Gasteiger partial charge in [-0.05, 0) is 80.5 Å². The van der Waals surface area contributed by atoms with Crippen LogP contribution in [0.5, 0.6) is 0 Å². The largest absolute Gasteiger partial charge is 0.466 e. The minimum absolute atomic E-state index is 0.129. The van der Waals surface area contributed by atoms with Crippen molar-refractivity contribution < 1.29 is 23.8 Å². The van der Waals surface area contributed by atoms with E-state index in [4.69, 9.17) is 32.7 Å². The van der Waals surface area contributed by atoms with Crippen LogP contribution in [0.1, 0.15) is 62.3 Å². The summed E-state index contributed by atoms with van der Waals surface area (Å²) >= 11 is 12.3. The molecular weight excluding hydrogens is 504 g/mol. The van der Waals surface area contributed by atoms with Gasteiger partial charge < -0.3 is 14.6 Å². The zero-order valence-electron chi connectivity index (χ0n) is 21.0. The summed E-state index contributed by atoms with van der Waals surface area (Å²) in [6.45, 7) is 5.72. The molecule has 3 rings (SSSR count). The van der Waals surface area contributed by atoms with Crippen molar-refractivity contribution in [2.24, 2.45) is 0 Å². The first kappa shape index (κ1) is 28.9. The second-order valence-corrected chi connectivity index (χ2v) is 10.1. The summed E-state index contributed by atoms with van der Waals surface area (Å²) in [6.07, 6.45) is 3.26. The molecule has 0 unspecified atom stereocenters. The Kier molecular flexibility index (Phi) is 11.5. The smallest absolute Gasteiger partial charge is 0.306 e. The Morgan fingerprint density at radius 2 is 2.03 bits per heavy atom. The van der Waals surface area contributed by atoms with E-state index in [0.29, 0.717) is 37.4 Å². The molecule has 1 saturated heterocycles. The number of nitrogens with zero attached hydrogens (tertiary/aromatic N) is 1. The maximum Gasteiger partial charge on any atom is 0.306 e. The van der Waals surface area contributed by atoms with Crippen molar-refractivity contribution in [3.05, 3.63) is 69.0 Å². The minimum atomic E-state index is -0.663. The van der Waals surface area contributed by atoms with E-state index in [0.717, 1.165) is 36.1 Å². The molecule has 1 N–H and O–H groups in total. The summed E-state index contributed by atoms with van der Waals surface area (Å²) in [5.74, 6) is -0.658. The molecule has 0 bridgehead atoms. The number of esters is 1. The van der Waals surface area contributed by atoms with Crippen LogP contribution in [0, 0.1) is 5.82 Å². The van der Waals surface area contributed by atoms with Crippen LogP contribution < -0.4 is 0 Å². The number of aliphatic hydroxyl groups excluding tert-OH is 1. The molecule has 8 heteroatoms. The summed E-state index contributed by atoms with van der Waals surface area (Å²) in [4.78, 5) is 14.1. The third-order valence-electron chi connectivity index (χ3n) is 6.65. The van der Waals surface area contributed by atoms with Crippen LogP contribution in [-0.2, 0) is 27.1 Å². The van der Waals surface area contributed by atoms with Crippen LogP contribution >= 0.6 is 23.2 Å². The number of benzene rings is 2. The summed E-state index contributed by atoms with van der Waals surface area (Å²) < 4.78 is 25.1. The molecule has 1 aliphatic rings. The SMILES string of the molecule is CCOC(=O)CCc1c(Cl)cccc1[C@@H](CC)OC[C@H](O)CN1CCC[C@H]1Cc1ccc(Cl)c(F)c1. The van der Waals surface area contributed by atoms with Crippen molar-refractivity contribution in [2.45, 2.75) is 70.6 Å². The van der Waals surface area contributed by atoms with Gasteiger partial charge >= 0.3 is 5.97 Å². The quantitative estimate of drug-likeness (QED) is 0.308. The lowest BCUT2D eigenvalue weighted by molar-refractivity contribution is -0.143. The van der Waals surface area contributed by atoms with Crippen molar-refractivity contribution in [2.75, 3.05) is 26.3 Å². The minimum Gasteiger partial charge on any atom is -0.466 e. The monoisotopic (exact) mass is 539 g/mol. The summed E-state index contributed by atoms with van der Waals surface area (Å²) in [7, 11) is 0. The Balaban J connectivity index is 1.57. The lowest BCUT2D eigenvalue weighted by atomic mass is 9.97. The van der Waals surface area contributed by atoms with Crippen molar-refractivity contribution in [1.82, 2.24) is 4.90 Å². The van der Waals surface area contributed by atoms with Crippen LogP contribution in [0.4, 0.5) is 4.39 Å². The molecule has 0 radical (unpaired) electrons. The molecule has 2 aromatic carbocycles. The Labute approximate surface area is 223 Å². The van der Waals surface area contributed by atoms with Crippen LogP contribution in [-0.4, -0.2) is 54.4 Å². The molecule has 0 amide bonds.